The van der Waals surface area contributed by atoms with Gasteiger partial charge in [0.15, 0.2) is 0 Å². The van der Waals surface area contributed by atoms with Crippen LogP contribution in [0.4, 0.5) is 0 Å². The molecule has 2 aromatic carbocycles. The Balaban J connectivity index is 0.00000176. The van der Waals surface area contributed by atoms with Gasteiger partial charge in [-0.3, -0.25) is 0 Å². The van der Waals surface area contributed by atoms with E-state index in [4.69, 9.17) is 0 Å². The molecule has 0 amide bonds. The van der Waals surface area contributed by atoms with Crippen molar-refractivity contribution in [2.75, 3.05) is 13.2 Å². The summed E-state index contributed by atoms with van der Waals surface area (Å²) < 4.78 is 1.26. The Morgan fingerprint density at radius 2 is 1.82 bits per heavy atom. The molecular formula is C17H20ClNO2S. The minimum Gasteiger partial charge on any atom is -0.394 e. The highest BCUT2D eigenvalue weighted by Gasteiger charge is 2.22. The van der Waals surface area contributed by atoms with E-state index in [1.54, 1.807) is 11.3 Å². The first-order valence-corrected chi connectivity index (χ1v) is 7.89. The Kier molecular flexibility index (Phi) is 5.42. The molecule has 118 valence electrons. The number of aliphatic hydroxyl groups is 2. The number of hydrogen-bond donors (Lipinski definition) is 3. The molecule has 22 heavy (non-hydrogen) atoms. The van der Waals surface area contributed by atoms with E-state index in [2.05, 4.69) is 35.0 Å². The molecule has 3 rings (SSSR count). The summed E-state index contributed by atoms with van der Waals surface area (Å²) in [6, 6.07) is 12.7. The number of aliphatic hydroxyl groups excluding tert-OH is 2. The van der Waals surface area contributed by atoms with Gasteiger partial charge >= 0.3 is 0 Å². The molecule has 1 heterocycles. The van der Waals surface area contributed by atoms with Gasteiger partial charge in [-0.15, -0.1) is 23.7 Å². The zero-order valence-corrected chi connectivity index (χ0v) is 14.0. The monoisotopic (exact) mass is 337 g/mol. The molecule has 0 aliphatic heterocycles. The van der Waals surface area contributed by atoms with E-state index in [1.165, 1.54) is 26.4 Å². The lowest BCUT2D eigenvalue weighted by atomic mass is 9.99. The molecule has 0 spiro atoms. The molecule has 0 atom stereocenters. The SMILES string of the molecule is CC(CO)(CO)NCc1c2ccccc2cc2sccc12.Cl. The van der Waals surface area contributed by atoms with Crippen LogP contribution in [0.1, 0.15) is 12.5 Å². The molecule has 3 aromatic rings. The van der Waals surface area contributed by atoms with E-state index in [1.807, 2.05) is 19.1 Å². The molecular weight excluding hydrogens is 318 g/mol. The largest absolute Gasteiger partial charge is 0.394 e. The van der Waals surface area contributed by atoms with Crippen LogP contribution in [0.3, 0.4) is 0 Å². The van der Waals surface area contributed by atoms with E-state index in [0.29, 0.717) is 6.54 Å². The average Bonchev–Trinajstić information content (AvgIpc) is 2.99. The molecule has 0 fully saturated rings. The van der Waals surface area contributed by atoms with Gasteiger partial charge in [0.05, 0.1) is 18.8 Å². The van der Waals surface area contributed by atoms with Gasteiger partial charge in [0.2, 0.25) is 0 Å². The summed E-state index contributed by atoms with van der Waals surface area (Å²) >= 11 is 1.73. The van der Waals surface area contributed by atoms with Gasteiger partial charge < -0.3 is 15.5 Å². The fourth-order valence-corrected chi connectivity index (χ4v) is 3.38. The summed E-state index contributed by atoms with van der Waals surface area (Å²) in [5.41, 5.74) is 0.553. The number of halogens is 1. The Bertz CT molecular complexity index is 768. The molecule has 0 radical (unpaired) electrons. The van der Waals surface area contributed by atoms with Crippen molar-refractivity contribution in [3.63, 3.8) is 0 Å². The zero-order valence-electron chi connectivity index (χ0n) is 12.4. The number of rotatable bonds is 5. The van der Waals surface area contributed by atoms with Crippen molar-refractivity contribution >= 4 is 44.6 Å². The van der Waals surface area contributed by atoms with Crippen molar-refractivity contribution in [2.24, 2.45) is 0 Å². The van der Waals surface area contributed by atoms with Crippen LogP contribution in [0.5, 0.6) is 0 Å². The fraction of sp³-hybridized carbons (Fsp3) is 0.294. The topological polar surface area (TPSA) is 52.5 Å². The summed E-state index contributed by atoms with van der Waals surface area (Å²) in [7, 11) is 0. The van der Waals surface area contributed by atoms with Gasteiger partial charge in [-0.2, -0.15) is 0 Å². The standard InChI is InChI=1S/C17H19NO2S.ClH/c1-17(10-19,11-20)18-9-15-13-5-3-2-4-12(13)8-16-14(15)6-7-21-16;/h2-8,18-20H,9-11H2,1H3;1H. The molecule has 0 unspecified atom stereocenters. The summed E-state index contributed by atoms with van der Waals surface area (Å²) in [6.07, 6.45) is 0. The molecule has 0 aliphatic rings. The first-order chi connectivity index (χ1) is 10.2. The number of benzene rings is 2. The van der Waals surface area contributed by atoms with Gasteiger partial charge in [0.25, 0.3) is 0 Å². The highest BCUT2D eigenvalue weighted by molar-refractivity contribution is 7.17. The predicted octanol–water partition coefficient (Wildman–Crippen LogP) is 3.31. The lowest BCUT2D eigenvalue weighted by Crippen LogP contribution is -2.48. The van der Waals surface area contributed by atoms with Crippen LogP contribution >= 0.6 is 23.7 Å². The lowest BCUT2D eigenvalue weighted by molar-refractivity contribution is 0.103. The lowest BCUT2D eigenvalue weighted by Gasteiger charge is -2.27. The van der Waals surface area contributed by atoms with Gasteiger partial charge in [0.1, 0.15) is 0 Å². The number of thiophene rings is 1. The van der Waals surface area contributed by atoms with Crippen LogP contribution in [0.2, 0.25) is 0 Å². The van der Waals surface area contributed by atoms with Crippen LogP contribution in [0.15, 0.2) is 41.8 Å². The van der Waals surface area contributed by atoms with Crippen LogP contribution < -0.4 is 5.32 Å². The highest BCUT2D eigenvalue weighted by Crippen LogP contribution is 2.32. The summed E-state index contributed by atoms with van der Waals surface area (Å²) in [5.74, 6) is 0. The Morgan fingerprint density at radius 3 is 2.55 bits per heavy atom. The molecule has 0 aliphatic carbocycles. The first kappa shape index (κ1) is 17.2. The predicted molar refractivity (Wildman–Crippen MR) is 96.0 cm³/mol. The second kappa shape index (κ2) is 6.94. The van der Waals surface area contributed by atoms with Gasteiger partial charge in [-0.1, -0.05) is 24.3 Å². The molecule has 5 heteroatoms. The highest BCUT2D eigenvalue weighted by atomic mass is 35.5. The Morgan fingerprint density at radius 1 is 1.09 bits per heavy atom. The molecule has 0 bridgehead atoms. The molecule has 0 saturated carbocycles. The van der Waals surface area contributed by atoms with Crippen LogP contribution in [0.25, 0.3) is 20.9 Å². The van der Waals surface area contributed by atoms with Crippen LogP contribution in [-0.4, -0.2) is 29.0 Å². The summed E-state index contributed by atoms with van der Waals surface area (Å²) in [6.45, 7) is 2.25. The number of nitrogens with one attached hydrogen (secondary N) is 1. The van der Waals surface area contributed by atoms with Crippen LogP contribution in [-0.2, 0) is 6.54 Å². The third kappa shape index (κ3) is 3.12. The summed E-state index contributed by atoms with van der Waals surface area (Å²) in [4.78, 5) is 0. The maximum atomic E-state index is 9.43. The second-order valence-electron chi connectivity index (χ2n) is 5.64. The van der Waals surface area contributed by atoms with Crippen molar-refractivity contribution < 1.29 is 10.2 Å². The van der Waals surface area contributed by atoms with Crippen molar-refractivity contribution in [1.82, 2.24) is 5.32 Å². The third-order valence-corrected chi connectivity index (χ3v) is 4.85. The minimum atomic E-state index is -0.667. The first-order valence-electron chi connectivity index (χ1n) is 7.01. The summed E-state index contributed by atoms with van der Waals surface area (Å²) in [5, 5.41) is 27.9. The third-order valence-electron chi connectivity index (χ3n) is 3.98. The molecule has 0 saturated heterocycles. The smallest absolute Gasteiger partial charge is 0.0633 e. The van der Waals surface area contributed by atoms with Crippen molar-refractivity contribution in [2.45, 2.75) is 19.0 Å². The van der Waals surface area contributed by atoms with E-state index in [9.17, 15) is 10.2 Å². The van der Waals surface area contributed by atoms with Gasteiger partial charge in [-0.05, 0) is 46.2 Å². The Hall–Kier alpha value is -1.17. The van der Waals surface area contributed by atoms with Crippen molar-refractivity contribution in [3.05, 3.63) is 47.3 Å². The van der Waals surface area contributed by atoms with E-state index in [0.717, 1.165) is 0 Å². The van der Waals surface area contributed by atoms with E-state index < -0.39 is 5.54 Å². The van der Waals surface area contributed by atoms with Crippen molar-refractivity contribution in [1.29, 1.82) is 0 Å². The molecule has 1 aromatic heterocycles. The minimum absolute atomic E-state index is 0. The van der Waals surface area contributed by atoms with Crippen LogP contribution in [0, 0.1) is 0 Å². The zero-order chi connectivity index (χ0) is 14.9. The molecule has 3 nitrogen and oxygen atoms in total. The van der Waals surface area contributed by atoms with E-state index in [-0.39, 0.29) is 25.6 Å². The van der Waals surface area contributed by atoms with Gasteiger partial charge in [-0.25, -0.2) is 0 Å². The van der Waals surface area contributed by atoms with Crippen molar-refractivity contribution in [3.8, 4) is 0 Å². The number of fused-ring (bicyclic) bond motifs is 2. The van der Waals surface area contributed by atoms with E-state index >= 15 is 0 Å². The fourth-order valence-electron chi connectivity index (χ4n) is 2.52. The maximum absolute atomic E-state index is 9.43. The number of hydrogen-bond acceptors (Lipinski definition) is 4. The second-order valence-corrected chi connectivity index (χ2v) is 6.59. The van der Waals surface area contributed by atoms with Gasteiger partial charge in [0, 0.05) is 11.2 Å². The Labute approximate surface area is 140 Å². The maximum Gasteiger partial charge on any atom is 0.0633 e. The molecule has 3 N–H and O–H groups in total. The quantitative estimate of drug-likeness (QED) is 0.669. The normalized spacial score (nSPS) is 11.8. The average molecular weight is 338 g/mol.